The molecule has 2 aliphatic rings. The molecule has 4 nitrogen and oxygen atoms in total. The van der Waals surface area contributed by atoms with E-state index in [0.29, 0.717) is 24.6 Å². The number of carbonyl (C=O) groups excluding carboxylic acids is 1. The molecule has 1 aromatic carbocycles. The number of amides is 1. The molecule has 0 spiro atoms. The van der Waals surface area contributed by atoms with Crippen molar-refractivity contribution in [2.45, 2.75) is 44.3 Å². The number of hydrogen-bond acceptors (Lipinski definition) is 2. The summed E-state index contributed by atoms with van der Waals surface area (Å²) in [6.07, 6.45) is -1.18. The second kappa shape index (κ2) is 6.86. The molecule has 150 valence electrons. The van der Waals surface area contributed by atoms with E-state index in [-0.39, 0.29) is 17.3 Å². The van der Waals surface area contributed by atoms with Gasteiger partial charge in [-0.2, -0.15) is 18.3 Å². The summed E-state index contributed by atoms with van der Waals surface area (Å²) in [6, 6.07) is 2.21. The van der Waals surface area contributed by atoms with Crippen LogP contribution in [0.2, 0.25) is 0 Å². The highest BCUT2D eigenvalue weighted by Gasteiger charge is 2.52. The van der Waals surface area contributed by atoms with E-state index in [1.807, 2.05) is 0 Å². The first-order chi connectivity index (χ1) is 13.2. The second-order valence-electron chi connectivity index (χ2n) is 7.44. The van der Waals surface area contributed by atoms with Crippen LogP contribution in [0.15, 0.2) is 24.3 Å². The highest BCUT2D eigenvalue weighted by molar-refractivity contribution is 6.03. The van der Waals surface area contributed by atoms with Gasteiger partial charge in [0.05, 0.1) is 5.69 Å². The molecule has 0 saturated heterocycles. The van der Waals surface area contributed by atoms with Crippen molar-refractivity contribution in [2.75, 3.05) is 5.32 Å². The maximum absolute atomic E-state index is 13.8. The SMILES string of the molecule is O=C(Nc1ccc(F)cc1F)c1cc2n(n1)[C@H](C(F)(F)F)[C@H]1CCCC[C@H]1C2. The highest BCUT2D eigenvalue weighted by atomic mass is 19.4. The Bertz CT molecular complexity index is 907. The zero-order valence-electron chi connectivity index (χ0n) is 14.8. The average molecular weight is 399 g/mol. The number of benzene rings is 1. The normalized spacial score (nSPS) is 24.4. The maximum atomic E-state index is 13.8. The maximum Gasteiger partial charge on any atom is 0.411 e. The topological polar surface area (TPSA) is 46.9 Å². The molecule has 0 unspecified atom stereocenters. The molecule has 1 aliphatic heterocycles. The van der Waals surface area contributed by atoms with Gasteiger partial charge in [-0.25, -0.2) is 8.78 Å². The molecule has 2 heterocycles. The molecular formula is C19H18F5N3O. The van der Waals surface area contributed by atoms with Crippen LogP contribution in [-0.4, -0.2) is 21.9 Å². The van der Waals surface area contributed by atoms with Gasteiger partial charge in [0.2, 0.25) is 0 Å². The molecule has 2 aromatic rings. The van der Waals surface area contributed by atoms with Crippen LogP contribution in [-0.2, 0) is 6.42 Å². The van der Waals surface area contributed by atoms with Gasteiger partial charge in [-0.15, -0.1) is 0 Å². The van der Waals surface area contributed by atoms with Crippen LogP contribution in [0, 0.1) is 23.5 Å². The zero-order valence-corrected chi connectivity index (χ0v) is 14.8. The molecule has 1 amide bonds. The van der Waals surface area contributed by atoms with E-state index in [0.717, 1.165) is 36.1 Å². The standard InChI is InChI=1S/C19H18F5N3O/c20-11-5-6-15(14(21)8-11)25-18(28)16-9-12-7-10-3-1-2-4-13(10)17(19(22,23)24)27(12)26-16/h5-6,8-10,13,17H,1-4,7H2,(H,25,28)/t10-,13-,17-/m0/s1. The van der Waals surface area contributed by atoms with Crippen LogP contribution in [0.4, 0.5) is 27.6 Å². The molecular weight excluding hydrogens is 381 g/mol. The van der Waals surface area contributed by atoms with E-state index >= 15 is 0 Å². The number of carbonyl (C=O) groups is 1. The second-order valence-corrected chi connectivity index (χ2v) is 7.44. The number of anilines is 1. The Morgan fingerprint density at radius 1 is 1.14 bits per heavy atom. The number of nitrogens with one attached hydrogen (secondary N) is 1. The first-order valence-corrected chi connectivity index (χ1v) is 9.15. The third kappa shape index (κ3) is 3.38. The monoisotopic (exact) mass is 399 g/mol. The third-order valence-corrected chi connectivity index (χ3v) is 5.67. The quantitative estimate of drug-likeness (QED) is 0.732. The van der Waals surface area contributed by atoms with Gasteiger partial charge >= 0.3 is 6.18 Å². The fourth-order valence-corrected chi connectivity index (χ4v) is 4.45. The number of fused-ring (bicyclic) bond motifs is 2. The van der Waals surface area contributed by atoms with Crippen molar-refractivity contribution in [3.05, 3.63) is 47.3 Å². The van der Waals surface area contributed by atoms with Gasteiger partial charge in [-0.1, -0.05) is 12.8 Å². The van der Waals surface area contributed by atoms with Crippen molar-refractivity contribution in [3.8, 4) is 0 Å². The van der Waals surface area contributed by atoms with Crippen molar-refractivity contribution in [3.63, 3.8) is 0 Å². The van der Waals surface area contributed by atoms with Crippen molar-refractivity contribution < 1.29 is 26.7 Å². The molecule has 1 saturated carbocycles. The van der Waals surface area contributed by atoms with E-state index < -0.39 is 35.7 Å². The summed E-state index contributed by atoms with van der Waals surface area (Å²) in [5.74, 6) is -3.25. The number of rotatable bonds is 2. The summed E-state index contributed by atoms with van der Waals surface area (Å²) in [5, 5.41) is 6.16. The van der Waals surface area contributed by atoms with Gasteiger partial charge in [0.1, 0.15) is 11.6 Å². The van der Waals surface area contributed by atoms with Gasteiger partial charge < -0.3 is 5.32 Å². The average Bonchev–Trinajstić information content (AvgIpc) is 3.04. The van der Waals surface area contributed by atoms with Gasteiger partial charge in [0.25, 0.3) is 5.91 Å². The Labute approximate surface area is 157 Å². The van der Waals surface area contributed by atoms with Crippen LogP contribution in [0.25, 0.3) is 0 Å². The Morgan fingerprint density at radius 3 is 2.61 bits per heavy atom. The lowest BCUT2D eigenvalue weighted by Crippen LogP contribution is -2.43. The Morgan fingerprint density at radius 2 is 1.89 bits per heavy atom. The van der Waals surface area contributed by atoms with Crippen molar-refractivity contribution in [1.82, 2.24) is 9.78 Å². The number of halogens is 5. The fraction of sp³-hybridized carbons (Fsp3) is 0.474. The number of nitrogens with zero attached hydrogens (tertiary/aromatic N) is 2. The van der Waals surface area contributed by atoms with Crippen molar-refractivity contribution in [1.29, 1.82) is 0 Å². The summed E-state index contributed by atoms with van der Waals surface area (Å²) >= 11 is 0. The minimum absolute atomic E-state index is 0.0879. The first-order valence-electron chi connectivity index (χ1n) is 9.15. The number of hydrogen-bond donors (Lipinski definition) is 1. The lowest BCUT2D eigenvalue weighted by atomic mass is 9.71. The van der Waals surface area contributed by atoms with E-state index in [4.69, 9.17) is 0 Å². The predicted molar refractivity (Wildman–Crippen MR) is 90.8 cm³/mol. The fourth-order valence-electron chi connectivity index (χ4n) is 4.45. The predicted octanol–water partition coefficient (Wildman–Crippen LogP) is 4.88. The first kappa shape index (κ1) is 18.9. The third-order valence-electron chi connectivity index (χ3n) is 5.67. The minimum atomic E-state index is -4.47. The van der Waals surface area contributed by atoms with Crippen LogP contribution in [0.5, 0.6) is 0 Å². The number of alkyl halides is 3. The Hall–Kier alpha value is -2.45. The molecule has 0 bridgehead atoms. The molecule has 3 atom stereocenters. The van der Waals surface area contributed by atoms with Crippen LogP contribution in [0.3, 0.4) is 0 Å². The van der Waals surface area contributed by atoms with Crippen molar-refractivity contribution >= 4 is 11.6 Å². The van der Waals surface area contributed by atoms with E-state index in [1.165, 1.54) is 6.07 Å². The van der Waals surface area contributed by atoms with Crippen molar-refractivity contribution in [2.24, 2.45) is 11.8 Å². The summed E-state index contributed by atoms with van der Waals surface area (Å²) in [5.41, 5.74) is -0.125. The van der Waals surface area contributed by atoms with Crippen LogP contribution < -0.4 is 5.32 Å². The van der Waals surface area contributed by atoms with Crippen LogP contribution >= 0.6 is 0 Å². The molecule has 1 N–H and O–H groups in total. The summed E-state index contributed by atoms with van der Waals surface area (Å²) in [6.45, 7) is 0. The Balaban J connectivity index is 1.65. The summed E-state index contributed by atoms with van der Waals surface area (Å²) in [4.78, 5) is 12.4. The zero-order chi connectivity index (χ0) is 20.1. The largest absolute Gasteiger partial charge is 0.411 e. The molecule has 0 radical (unpaired) electrons. The lowest BCUT2D eigenvalue weighted by Gasteiger charge is -2.42. The molecule has 1 aliphatic carbocycles. The smallest absolute Gasteiger partial charge is 0.318 e. The molecule has 1 aromatic heterocycles. The summed E-state index contributed by atoms with van der Waals surface area (Å²) < 4.78 is 69.0. The lowest BCUT2D eigenvalue weighted by molar-refractivity contribution is -0.196. The van der Waals surface area contributed by atoms with E-state index in [1.54, 1.807) is 0 Å². The van der Waals surface area contributed by atoms with Gasteiger partial charge in [0.15, 0.2) is 11.7 Å². The molecule has 9 heteroatoms. The molecule has 28 heavy (non-hydrogen) atoms. The highest BCUT2D eigenvalue weighted by Crippen LogP contribution is 2.49. The molecule has 4 rings (SSSR count). The Kier molecular flexibility index (Phi) is 4.63. The number of aromatic nitrogens is 2. The van der Waals surface area contributed by atoms with Gasteiger partial charge in [-0.3, -0.25) is 9.48 Å². The van der Waals surface area contributed by atoms with Gasteiger partial charge in [-0.05, 0) is 49.3 Å². The van der Waals surface area contributed by atoms with Crippen LogP contribution in [0.1, 0.15) is 47.9 Å². The van der Waals surface area contributed by atoms with E-state index in [2.05, 4.69) is 10.4 Å². The summed E-state index contributed by atoms with van der Waals surface area (Å²) in [7, 11) is 0. The minimum Gasteiger partial charge on any atom is -0.318 e. The van der Waals surface area contributed by atoms with Gasteiger partial charge in [0, 0.05) is 11.8 Å². The van der Waals surface area contributed by atoms with E-state index in [9.17, 15) is 26.7 Å². The molecule has 1 fully saturated rings.